The van der Waals surface area contributed by atoms with Gasteiger partial charge in [-0.3, -0.25) is 4.79 Å². The Balaban J connectivity index is 0.00000169. The highest BCUT2D eigenvalue weighted by Crippen LogP contribution is 2.31. The fraction of sp³-hybridized carbons (Fsp3) is 0.389. The van der Waals surface area contributed by atoms with Crippen LogP contribution in [0.15, 0.2) is 29.6 Å². The zero-order valence-electron chi connectivity index (χ0n) is 13.5. The summed E-state index contributed by atoms with van der Waals surface area (Å²) in [7, 11) is 0. The molecule has 0 atom stereocenters. The van der Waals surface area contributed by atoms with E-state index in [1.165, 1.54) is 16.0 Å². The number of amides is 1. The van der Waals surface area contributed by atoms with Crippen molar-refractivity contribution in [3.05, 3.63) is 45.6 Å². The van der Waals surface area contributed by atoms with Crippen LogP contribution in [0, 0.1) is 0 Å². The average Bonchev–Trinajstić information content (AvgIpc) is 3.03. The van der Waals surface area contributed by atoms with E-state index in [0.717, 1.165) is 50.3 Å². The second-order valence-electron chi connectivity index (χ2n) is 6.30. The normalized spacial score (nSPS) is 16.2. The Hall–Kier alpha value is -1.72. The van der Waals surface area contributed by atoms with E-state index in [2.05, 4.69) is 22.4 Å². The minimum atomic E-state index is 0. The molecule has 1 amide bonds. The molecule has 0 unspecified atom stereocenters. The molecule has 0 fully saturated rings. The predicted octanol–water partition coefficient (Wildman–Crippen LogP) is 3.09. The molecule has 3 heterocycles. The number of carbonyl (C=O) groups is 1. The lowest BCUT2D eigenvalue weighted by Crippen LogP contribution is -2.44. The summed E-state index contributed by atoms with van der Waals surface area (Å²) in [5, 5.41) is 2.13. The quantitative estimate of drug-likeness (QED) is 0.834. The van der Waals surface area contributed by atoms with Gasteiger partial charge in [-0.05, 0) is 54.0 Å². The number of benzene rings is 1. The van der Waals surface area contributed by atoms with Crippen LogP contribution in [0.5, 0.6) is 0 Å². The molecule has 1 aromatic heterocycles. The Labute approximate surface area is 152 Å². The summed E-state index contributed by atoms with van der Waals surface area (Å²) < 4.78 is 0. The van der Waals surface area contributed by atoms with Crippen molar-refractivity contribution in [2.45, 2.75) is 25.8 Å². The summed E-state index contributed by atoms with van der Waals surface area (Å²) in [6.07, 6.45) is 3.06. The minimum absolute atomic E-state index is 0. The molecule has 24 heavy (non-hydrogen) atoms. The Bertz CT molecular complexity index is 746. The molecule has 2 aliphatic heterocycles. The molecular weight excluding hydrogens is 342 g/mol. The number of hydrogen-bond acceptors (Lipinski definition) is 4. The number of carbonyl (C=O) groups excluding carboxylic acids is 1. The van der Waals surface area contributed by atoms with Gasteiger partial charge in [0.05, 0.1) is 6.54 Å². The van der Waals surface area contributed by atoms with Crippen LogP contribution in [0.1, 0.15) is 22.4 Å². The van der Waals surface area contributed by atoms with Crippen molar-refractivity contribution in [2.24, 2.45) is 0 Å². The van der Waals surface area contributed by atoms with Crippen LogP contribution in [0.4, 0.5) is 11.4 Å². The van der Waals surface area contributed by atoms with Crippen molar-refractivity contribution in [2.75, 3.05) is 30.3 Å². The van der Waals surface area contributed by atoms with E-state index < -0.39 is 0 Å². The summed E-state index contributed by atoms with van der Waals surface area (Å²) in [5.41, 5.74) is 10.6. The molecule has 4 nitrogen and oxygen atoms in total. The summed E-state index contributed by atoms with van der Waals surface area (Å²) in [4.78, 5) is 18.4. The van der Waals surface area contributed by atoms with Gasteiger partial charge in [-0.15, -0.1) is 23.7 Å². The van der Waals surface area contributed by atoms with Crippen molar-refractivity contribution in [1.29, 1.82) is 0 Å². The van der Waals surface area contributed by atoms with Crippen LogP contribution in [-0.4, -0.2) is 30.4 Å². The molecule has 6 heteroatoms. The van der Waals surface area contributed by atoms with Crippen molar-refractivity contribution in [3.63, 3.8) is 0 Å². The molecule has 2 aromatic rings. The van der Waals surface area contributed by atoms with E-state index in [4.69, 9.17) is 5.73 Å². The number of nitrogens with zero attached hydrogens (tertiary/aromatic N) is 2. The van der Waals surface area contributed by atoms with Gasteiger partial charge in [-0.2, -0.15) is 0 Å². The number of halogens is 1. The van der Waals surface area contributed by atoms with Gasteiger partial charge in [-0.25, -0.2) is 0 Å². The molecule has 0 saturated carbocycles. The fourth-order valence-electron chi connectivity index (χ4n) is 3.62. The minimum Gasteiger partial charge on any atom is -0.398 e. The lowest BCUT2D eigenvalue weighted by molar-refractivity contribution is -0.130. The Morgan fingerprint density at radius 1 is 1.21 bits per heavy atom. The third kappa shape index (κ3) is 3.10. The number of nitrogen functional groups attached to an aromatic ring is 1. The van der Waals surface area contributed by atoms with E-state index in [0.29, 0.717) is 6.54 Å². The standard InChI is InChI=1S/C18H21N3OS.ClH/c19-15-4-1-5-16-14(15)3-2-8-20(16)12-18(22)21-9-6-17-13(11-21)7-10-23-17;/h1,4-5,7,10H,2-3,6,8-9,11-12,19H2;1H. The summed E-state index contributed by atoms with van der Waals surface area (Å²) in [6, 6.07) is 8.17. The van der Waals surface area contributed by atoms with Gasteiger partial charge < -0.3 is 15.5 Å². The van der Waals surface area contributed by atoms with Crippen molar-refractivity contribution < 1.29 is 4.79 Å². The zero-order chi connectivity index (χ0) is 15.8. The molecule has 0 aliphatic carbocycles. The Morgan fingerprint density at radius 3 is 2.96 bits per heavy atom. The maximum absolute atomic E-state index is 12.7. The lowest BCUT2D eigenvalue weighted by Gasteiger charge is -2.34. The number of thiophene rings is 1. The van der Waals surface area contributed by atoms with Crippen LogP contribution >= 0.6 is 23.7 Å². The van der Waals surface area contributed by atoms with E-state index in [-0.39, 0.29) is 18.3 Å². The van der Waals surface area contributed by atoms with E-state index >= 15 is 0 Å². The summed E-state index contributed by atoms with van der Waals surface area (Å²) in [6.45, 7) is 2.98. The number of fused-ring (bicyclic) bond motifs is 2. The predicted molar refractivity (Wildman–Crippen MR) is 102 cm³/mol. The van der Waals surface area contributed by atoms with Crippen LogP contribution < -0.4 is 10.6 Å². The third-order valence-electron chi connectivity index (χ3n) is 4.87. The van der Waals surface area contributed by atoms with E-state index in [1.807, 2.05) is 17.0 Å². The first-order chi connectivity index (χ1) is 11.2. The first kappa shape index (κ1) is 17.1. The van der Waals surface area contributed by atoms with Crippen LogP contribution in [-0.2, 0) is 24.2 Å². The first-order valence-electron chi connectivity index (χ1n) is 8.17. The molecule has 128 valence electrons. The molecule has 0 radical (unpaired) electrons. The molecule has 0 saturated heterocycles. The molecular formula is C18H22ClN3OS. The highest BCUT2D eigenvalue weighted by atomic mass is 35.5. The molecule has 4 rings (SSSR count). The SMILES string of the molecule is Cl.Nc1cccc2c1CCCN2CC(=O)N1CCc2sccc2C1. The van der Waals surface area contributed by atoms with Gasteiger partial charge in [0.1, 0.15) is 0 Å². The summed E-state index contributed by atoms with van der Waals surface area (Å²) in [5.74, 6) is 0.220. The lowest BCUT2D eigenvalue weighted by atomic mass is 10.00. The van der Waals surface area contributed by atoms with Crippen molar-refractivity contribution in [1.82, 2.24) is 4.90 Å². The largest absolute Gasteiger partial charge is 0.398 e. The van der Waals surface area contributed by atoms with Crippen LogP contribution in [0.25, 0.3) is 0 Å². The van der Waals surface area contributed by atoms with Gasteiger partial charge in [0.15, 0.2) is 0 Å². The van der Waals surface area contributed by atoms with Gasteiger partial charge in [0, 0.05) is 35.9 Å². The maximum atomic E-state index is 12.7. The molecule has 1 aromatic carbocycles. The first-order valence-corrected chi connectivity index (χ1v) is 9.05. The van der Waals surface area contributed by atoms with Crippen LogP contribution in [0.3, 0.4) is 0 Å². The molecule has 0 bridgehead atoms. The smallest absolute Gasteiger partial charge is 0.242 e. The summed E-state index contributed by atoms with van der Waals surface area (Å²) >= 11 is 1.80. The van der Waals surface area contributed by atoms with E-state index in [1.54, 1.807) is 11.3 Å². The topological polar surface area (TPSA) is 49.6 Å². The Morgan fingerprint density at radius 2 is 2.08 bits per heavy atom. The monoisotopic (exact) mass is 363 g/mol. The highest BCUT2D eigenvalue weighted by molar-refractivity contribution is 7.10. The number of rotatable bonds is 2. The zero-order valence-corrected chi connectivity index (χ0v) is 15.2. The second-order valence-corrected chi connectivity index (χ2v) is 7.31. The van der Waals surface area contributed by atoms with Crippen molar-refractivity contribution in [3.8, 4) is 0 Å². The number of hydrogen-bond donors (Lipinski definition) is 1. The number of nitrogens with two attached hydrogens (primary N) is 1. The highest BCUT2D eigenvalue weighted by Gasteiger charge is 2.25. The fourth-order valence-corrected chi connectivity index (χ4v) is 4.51. The van der Waals surface area contributed by atoms with Gasteiger partial charge in [0.2, 0.25) is 5.91 Å². The molecule has 0 spiro atoms. The maximum Gasteiger partial charge on any atom is 0.242 e. The third-order valence-corrected chi connectivity index (χ3v) is 5.89. The Kier molecular flexibility index (Phi) is 5.01. The molecule has 2 aliphatic rings. The van der Waals surface area contributed by atoms with Gasteiger partial charge >= 0.3 is 0 Å². The molecule has 2 N–H and O–H groups in total. The van der Waals surface area contributed by atoms with Crippen LogP contribution in [0.2, 0.25) is 0 Å². The second kappa shape index (κ2) is 7.03. The van der Waals surface area contributed by atoms with Gasteiger partial charge in [-0.1, -0.05) is 6.07 Å². The van der Waals surface area contributed by atoms with E-state index in [9.17, 15) is 4.79 Å². The van der Waals surface area contributed by atoms with Crippen molar-refractivity contribution >= 4 is 41.0 Å². The number of anilines is 2. The van der Waals surface area contributed by atoms with Gasteiger partial charge in [0.25, 0.3) is 0 Å². The average molecular weight is 364 g/mol.